The lowest BCUT2D eigenvalue weighted by Gasteiger charge is -1.98. The van der Waals surface area contributed by atoms with Gasteiger partial charge in [0.1, 0.15) is 5.76 Å². The maximum absolute atomic E-state index is 10.7. The van der Waals surface area contributed by atoms with Gasteiger partial charge in [0.05, 0.1) is 0 Å². The molecule has 0 aliphatic heterocycles. The molecule has 3 N–H and O–H groups in total. The van der Waals surface area contributed by atoms with Gasteiger partial charge in [0.2, 0.25) is 11.7 Å². The molecule has 0 saturated heterocycles. The molecule has 0 fully saturated rings. The molecular formula is C15H13NO4. The molecule has 0 aliphatic carbocycles. The SMILES string of the molecule is NC(=O)CC=Cc1ccc(-c2ccc(C(=O)O)o2)cc1. The minimum absolute atomic E-state index is 0.0922. The third-order valence-corrected chi connectivity index (χ3v) is 2.64. The van der Waals surface area contributed by atoms with E-state index in [1.54, 1.807) is 18.2 Å². The van der Waals surface area contributed by atoms with Crippen molar-refractivity contribution >= 4 is 18.0 Å². The van der Waals surface area contributed by atoms with E-state index in [1.807, 2.05) is 24.3 Å². The average molecular weight is 271 g/mol. The molecule has 102 valence electrons. The van der Waals surface area contributed by atoms with Crippen LogP contribution in [0.1, 0.15) is 22.5 Å². The maximum atomic E-state index is 10.7. The Morgan fingerprint density at radius 3 is 2.40 bits per heavy atom. The normalized spacial score (nSPS) is 10.8. The zero-order chi connectivity index (χ0) is 14.5. The number of nitrogens with two attached hydrogens (primary N) is 1. The summed E-state index contributed by atoms with van der Waals surface area (Å²) in [5.74, 6) is -1.07. The molecular weight excluding hydrogens is 258 g/mol. The van der Waals surface area contributed by atoms with Gasteiger partial charge in [0.25, 0.3) is 0 Å². The van der Waals surface area contributed by atoms with Crippen LogP contribution in [0, 0.1) is 0 Å². The van der Waals surface area contributed by atoms with Crippen molar-refractivity contribution in [1.29, 1.82) is 0 Å². The van der Waals surface area contributed by atoms with Crippen molar-refractivity contribution in [3.8, 4) is 11.3 Å². The first-order valence-electron chi connectivity index (χ1n) is 5.94. The lowest BCUT2D eigenvalue weighted by Crippen LogP contribution is -2.07. The van der Waals surface area contributed by atoms with Gasteiger partial charge in [-0.3, -0.25) is 4.79 Å². The number of benzene rings is 1. The van der Waals surface area contributed by atoms with Crippen LogP contribution in [0.5, 0.6) is 0 Å². The van der Waals surface area contributed by atoms with Gasteiger partial charge in [-0.25, -0.2) is 4.79 Å². The molecule has 5 nitrogen and oxygen atoms in total. The van der Waals surface area contributed by atoms with E-state index in [0.29, 0.717) is 5.76 Å². The number of carboxylic acid groups (broad SMARTS) is 1. The van der Waals surface area contributed by atoms with E-state index in [-0.39, 0.29) is 18.1 Å². The number of hydrogen-bond acceptors (Lipinski definition) is 3. The highest BCUT2D eigenvalue weighted by Gasteiger charge is 2.09. The Morgan fingerprint density at radius 2 is 1.85 bits per heavy atom. The molecule has 0 unspecified atom stereocenters. The second kappa shape index (κ2) is 5.88. The van der Waals surface area contributed by atoms with Crippen molar-refractivity contribution in [2.75, 3.05) is 0 Å². The molecule has 0 atom stereocenters. The number of primary amides is 1. The van der Waals surface area contributed by atoms with Gasteiger partial charge >= 0.3 is 5.97 Å². The van der Waals surface area contributed by atoms with E-state index in [2.05, 4.69) is 0 Å². The van der Waals surface area contributed by atoms with E-state index in [9.17, 15) is 9.59 Å². The number of amides is 1. The zero-order valence-corrected chi connectivity index (χ0v) is 10.6. The van der Waals surface area contributed by atoms with Crippen LogP contribution in [0.3, 0.4) is 0 Å². The van der Waals surface area contributed by atoms with Crippen LogP contribution in [-0.2, 0) is 4.79 Å². The molecule has 2 rings (SSSR count). The van der Waals surface area contributed by atoms with Crippen LogP contribution in [-0.4, -0.2) is 17.0 Å². The quantitative estimate of drug-likeness (QED) is 0.873. The van der Waals surface area contributed by atoms with Crippen molar-refractivity contribution in [3.05, 3.63) is 53.8 Å². The number of carbonyl (C=O) groups excluding carboxylic acids is 1. The smallest absolute Gasteiger partial charge is 0.371 e. The van der Waals surface area contributed by atoms with Gasteiger partial charge in [0, 0.05) is 12.0 Å². The van der Waals surface area contributed by atoms with E-state index >= 15 is 0 Å². The number of aromatic carboxylic acids is 1. The van der Waals surface area contributed by atoms with E-state index in [4.69, 9.17) is 15.3 Å². The fourth-order valence-corrected chi connectivity index (χ4v) is 1.68. The maximum Gasteiger partial charge on any atom is 0.371 e. The Balaban J connectivity index is 2.13. The molecule has 1 aromatic heterocycles. The van der Waals surface area contributed by atoms with Gasteiger partial charge in [-0.2, -0.15) is 0 Å². The Kier molecular flexibility index (Phi) is 4.00. The fraction of sp³-hybridized carbons (Fsp3) is 0.0667. The largest absolute Gasteiger partial charge is 0.475 e. The Morgan fingerprint density at radius 1 is 1.15 bits per heavy atom. The second-order valence-corrected chi connectivity index (χ2v) is 4.16. The Hall–Kier alpha value is -2.82. The summed E-state index contributed by atoms with van der Waals surface area (Å²) in [6.07, 6.45) is 3.67. The van der Waals surface area contributed by atoms with Crippen molar-refractivity contribution in [2.45, 2.75) is 6.42 Å². The van der Waals surface area contributed by atoms with Gasteiger partial charge in [-0.1, -0.05) is 36.4 Å². The van der Waals surface area contributed by atoms with Crippen molar-refractivity contribution in [1.82, 2.24) is 0 Å². The third kappa shape index (κ3) is 3.35. The standard InChI is InChI=1S/C15H13NO4/c16-14(17)3-1-2-10-4-6-11(7-5-10)12-8-9-13(20-12)15(18)19/h1-2,4-9H,3H2,(H2,16,17)(H,18,19). The lowest BCUT2D eigenvalue weighted by atomic mass is 10.1. The summed E-state index contributed by atoms with van der Waals surface area (Å²) in [7, 11) is 0. The Labute approximate surface area is 115 Å². The van der Waals surface area contributed by atoms with Crippen LogP contribution in [0.15, 0.2) is 46.9 Å². The van der Waals surface area contributed by atoms with Crippen molar-refractivity contribution in [3.63, 3.8) is 0 Å². The molecule has 0 saturated carbocycles. The minimum Gasteiger partial charge on any atom is -0.475 e. The Bertz CT molecular complexity index is 653. The van der Waals surface area contributed by atoms with Crippen molar-refractivity contribution < 1.29 is 19.1 Å². The number of carboxylic acids is 1. The zero-order valence-electron chi connectivity index (χ0n) is 10.6. The minimum atomic E-state index is -1.10. The number of carbonyl (C=O) groups is 2. The molecule has 0 spiro atoms. The van der Waals surface area contributed by atoms with Crippen LogP contribution in [0.2, 0.25) is 0 Å². The van der Waals surface area contributed by atoms with Crippen LogP contribution in [0.25, 0.3) is 17.4 Å². The fourth-order valence-electron chi connectivity index (χ4n) is 1.68. The highest BCUT2D eigenvalue weighted by atomic mass is 16.4. The summed E-state index contributed by atoms with van der Waals surface area (Å²) in [5.41, 5.74) is 6.73. The summed E-state index contributed by atoms with van der Waals surface area (Å²) in [6, 6.07) is 10.3. The molecule has 1 aromatic carbocycles. The highest BCUT2D eigenvalue weighted by Crippen LogP contribution is 2.22. The lowest BCUT2D eigenvalue weighted by molar-refractivity contribution is -0.117. The van der Waals surface area contributed by atoms with Crippen LogP contribution in [0.4, 0.5) is 0 Å². The first-order valence-corrected chi connectivity index (χ1v) is 5.94. The molecule has 0 bridgehead atoms. The van der Waals surface area contributed by atoms with Gasteiger partial charge in [-0.15, -0.1) is 0 Å². The first kappa shape index (κ1) is 13.6. The predicted octanol–water partition coefficient (Wildman–Crippen LogP) is 2.53. The molecule has 0 radical (unpaired) electrons. The van der Waals surface area contributed by atoms with Gasteiger partial charge < -0.3 is 15.3 Å². The predicted molar refractivity (Wildman–Crippen MR) is 73.9 cm³/mol. The summed E-state index contributed by atoms with van der Waals surface area (Å²) in [6.45, 7) is 0. The molecule has 1 heterocycles. The van der Waals surface area contributed by atoms with Crippen LogP contribution < -0.4 is 5.73 Å². The summed E-state index contributed by atoms with van der Waals surface area (Å²) < 4.78 is 5.20. The molecule has 0 aliphatic rings. The summed E-state index contributed by atoms with van der Waals surface area (Å²) >= 11 is 0. The third-order valence-electron chi connectivity index (χ3n) is 2.64. The molecule has 1 amide bonds. The molecule has 2 aromatic rings. The van der Waals surface area contributed by atoms with Gasteiger partial charge in [0.15, 0.2) is 0 Å². The number of hydrogen-bond donors (Lipinski definition) is 2. The summed E-state index contributed by atoms with van der Waals surface area (Å²) in [5, 5.41) is 8.79. The van der Waals surface area contributed by atoms with E-state index < -0.39 is 5.97 Å². The average Bonchev–Trinajstić information content (AvgIpc) is 2.89. The molecule has 20 heavy (non-hydrogen) atoms. The van der Waals surface area contributed by atoms with Gasteiger partial charge in [-0.05, 0) is 17.7 Å². The number of furan rings is 1. The van der Waals surface area contributed by atoms with E-state index in [0.717, 1.165) is 11.1 Å². The first-order chi connectivity index (χ1) is 9.56. The second-order valence-electron chi connectivity index (χ2n) is 4.16. The van der Waals surface area contributed by atoms with Crippen molar-refractivity contribution in [2.24, 2.45) is 5.73 Å². The van der Waals surface area contributed by atoms with E-state index in [1.165, 1.54) is 6.07 Å². The summed E-state index contributed by atoms with van der Waals surface area (Å²) in [4.78, 5) is 21.3. The van der Waals surface area contributed by atoms with Crippen LogP contribution >= 0.6 is 0 Å². The monoisotopic (exact) mass is 271 g/mol. The molecule has 5 heteroatoms. The number of rotatable bonds is 5. The topological polar surface area (TPSA) is 93.5 Å². The highest BCUT2D eigenvalue weighted by molar-refractivity contribution is 5.85.